The van der Waals surface area contributed by atoms with Crippen molar-refractivity contribution in [1.29, 1.82) is 0 Å². The maximum atomic E-state index is 5.18. The third-order valence-corrected chi connectivity index (χ3v) is 1.68. The number of benzene rings is 1. The summed E-state index contributed by atoms with van der Waals surface area (Å²) in [6.07, 6.45) is 0. The van der Waals surface area contributed by atoms with Gasteiger partial charge in [-0.2, -0.15) is 0 Å². The lowest BCUT2D eigenvalue weighted by Crippen LogP contribution is -2.22. The summed E-state index contributed by atoms with van der Waals surface area (Å²) >= 11 is 4.16. The van der Waals surface area contributed by atoms with Crippen LogP contribution in [-0.2, 0) is 6.54 Å². The molecule has 12 heavy (non-hydrogen) atoms. The van der Waals surface area contributed by atoms with E-state index >= 15 is 0 Å². The third kappa shape index (κ3) is 2.84. The zero-order valence-electron chi connectivity index (χ0n) is 6.57. The van der Waals surface area contributed by atoms with E-state index in [1.807, 2.05) is 24.3 Å². The van der Waals surface area contributed by atoms with E-state index in [9.17, 15) is 0 Å². The molecule has 3 nitrogen and oxygen atoms in total. The molecule has 1 rings (SSSR count). The highest BCUT2D eigenvalue weighted by atomic mass is 32.1. The van der Waals surface area contributed by atoms with Crippen molar-refractivity contribution < 1.29 is 0 Å². The molecule has 4 heteroatoms. The van der Waals surface area contributed by atoms with E-state index in [4.69, 9.17) is 11.5 Å². The van der Waals surface area contributed by atoms with Crippen LogP contribution in [0.15, 0.2) is 34.2 Å². The fourth-order valence-electron chi connectivity index (χ4n) is 0.784. The van der Waals surface area contributed by atoms with Crippen LogP contribution in [0, 0.1) is 0 Å². The Balaban J connectivity index is 2.65. The molecule has 0 amide bonds. The lowest BCUT2D eigenvalue weighted by Gasteiger charge is -1.96. The van der Waals surface area contributed by atoms with Crippen LogP contribution in [0.25, 0.3) is 0 Å². The highest BCUT2D eigenvalue weighted by molar-refractivity contribution is 7.80. The van der Waals surface area contributed by atoms with Crippen LogP contribution in [0.1, 0.15) is 5.56 Å². The molecule has 0 saturated heterocycles. The minimum absolute atomic E-state index is 0.116. The molecule has 1 aromatic rings. The van der Waals surface area contributed by atoms with E-state index in [1.165, 1.54) is 0 Å². The molecule has 4 N–H and O–H groups in total. The molecule has 0 saturated carbocycles. The van der Waals surface area contributed by atoms with Crippen LogP contribution in [0.3, 0.4) is 0 Å². The van der Waals surface area contributed by atoms with Gasteiger partial charge in [-0.3, -0.25) is 0 Å². The minimum atomic E-state index is 0.116. The minimum Gasteiger partial charge on any atom is -0.370 e. The molecular weight excluding hydrogens is 170 g/mol. The van der Waals surface area contributed by atoms with E-state index < -0.39 is 0 Å². The third-order valence-electron chi connectivity index (χ3n) is 1.38. The van der Waals surface area contributed by atoms with Gasteiger partial charge in [-0.05, 0) is 17.7 Å². The van der Waals surface area contributed by atoms with Crippen molar-refractivity contribution in [2.24, 2.45) is 16.5 Å². The second kappa shape index (κ2) is 4.01. The Kier molecular flexibility index (Phi) is 2.99. The second-order valence-electron chi connectivity index (χ2n) is 2.41. The SMILES string of the molecule is NC(N)=NCc1ccc(S)cc1. The normalized spacial score (nSPS) is 9.42. The Hall–Kier alpha value is -1.16. The van der Waals surface area contributed by atoms with E-state index in [0.717, 1.165) is 10.5 Å². The van der Waals surface area contributed by atoms with Gasteiger partial charge in [0.05, 0.1) is 6.54 Å². The average Bonchev–Trinajstić information content (AvgIpc) is 2.03. The first-order valence-corrected chi connectivity index (χ1v) is 3.96. The number of aliphatic imine (C=N–C) groups is 1. The summed E-state index contributed by atoms with van der Waals surface area (Å²) in [7, 11) is 0. The second-order valence-corrected chi connectivity index (χ2v) is 2.92. The first-order valence-electron chi connectivity index (χ1n) is 3.52. The molecule has 0 aliphatic rings. The molecule has 0 aliphatic heterocycles. The van der Waals surface area contributed by atoms with Crippen LogP contribution >= 0.6 is 12.6 Å². The van der Waals surface area contributed by atoms with Crippen LogP contribution in [0.4, 0.5) is 0 Å². The fraction of sp³-hybridized carbons (Fsp3) is 0.125. The van der Waals surface area contributed by atoms with Crippen molar-refractivity contribution in [2.45, 2.75) is 11.4 Å². The van der Waals surface area contributed by atoms with Crippen molar-refractivity contribution in [3.63, 3.8) is 0 Å². The molecule has 0 aliphatic carbocycles. The summed E-state index contributed by atoms with van der Waals surface area (Å²) in [5.74, 6) is 0.116. The molecule has 0 spiro atoms. The van der Waals surface area contributed by atoms with E-state index in [2.05, 4.69) is 17.6 Å². The number of hydrogen-bond acceptors (Lipinski definition) is 2. The zero-order chi connectivity index (χ0) is 8.97. The number of thiol groups is 1. The number of hydrogen-bond donors (Lipinski definition) is 3. The van der Waals surface area contributed by atoms with Gasteiger partial charge in [0.15, 0.2) is 5.96 Å². The molecule has 0 heterocycles. The van der Waals surface area contributed by atoms with Gasteiger partial charge < -0.3 is 11.5 Å². The summed E-state index contributed by atoms with van der Waals surface area (Å²) in [6.45, 7) is 0.524. The van der Waals surface area contributed by atoms with Crippen LogP contribution < -0.4 is 11.5 Å². The van der Waals surface area contributed by atoms with Crippen molar-refractivity contribution in [3.8, 4) is 0 Å². The number of rotatable bonds is 2. The van der Waals surface area contributed by atoms with Gasteiger partial charge in [0.2, 0.25) is 0 Å². The van der Waals surface area contributed by atoms with Crippen molar-refractivity contribution in [1.82, 2.24) is 0 Å². The average molecular weight is 181 g/mol. The highest BCUT2D eigenvalue weighted by Crippen LogP contribution is 2.08. The summed E-state index contributed by atoms with van der Waals surface area (Å²) in [5, 5.41) is 0. The molecule has 0 radical (unpaired) electrons. The molecule has 0 aromatic heterocycles. The van der Waals surface area contributed by atoms with E-state index in [-0.39, 0.29) is 5.96 Å². The van der Waals surface area contributed by atoms with Crippen molar-refractivity contribution in [2.75, 3.05) is 0 Å². The molecule has 0 unspecified atom stereocenters. The maximum Gasteiger partial charge on any atom is 0.186 e. The summed E-state index contributed by atoms with van der Waals surface area (Å²) in [4.78, 5) is 4.81. The molecule has 1 aromatic carbocycles. The predicted octanol–water partition coefficient (Wildman–Crippen LogP) is 0.749. The predicted molar refractivity (Wildman–Crippen MR) is 53.2 cm³/mol. The smallest absolute Gasteiger partial charge is 0.186 e. The molecule has 64 valence electrons. The monoisotopic (exact) mass is 181 g/mol. The van der Waals surface area contributed by atoms with Crippen molar-refractivity contribution in [3.05, 3.63) is 29.8 Å². The van der Waals surface area contributed by atoms with Gasteiger partial charge in [-0.1, -0.05) is 12.1 Å². The molecule has 0 fully saturated rings. The molecular formula is C8H11N3S. The van der Waals surface area contributed by atoms with E-state index in [1.54, 1.807) is 0 Å². The summed E-state index contributed by atoms with van der Waals surface area (Å²) < 4.78 is 0. The topological polar surface area (TPSA) is 64.4 Å². The first kappa shape index (κ1) is 8.93. The quantitative estimate of drug-likeness (QED) is 0.358. The summed E-state index contributed by atoms with van der Waals surface area (Å²) in [6, 6.07) is 7.69. The molecule has 0 bridgehead atoms. The van der Waals surface area contributed by atoms with Crippen LogP contribution in [0.5, 0.6) is 0 Å². The van der Waals surface area contributed by atoms with Gasteiger partial charge in [-0.15, -0.1) is 12.6 Å². The zero-order valence-corrected chi connectivity index (χ0v) is 7.46. The first-order chi connectivity index (χ1) is 5.68. The largest absolute Gasteiger partial charge is 0.370 e. The number of nitrogens with two attached hydrogens (primary N) is 2. The Morgan fingerprint density at radius 3 is 2.33 bits per heavy atom. The van der Waals surface area contributed by atoms with Gasteiger partial charge in [0.25, 0.3) is 0 Å². The fourth-order valence-corrected chi connectivity index (χ4v) is 0.933. The Morgan fingerprint density at radius 1 is 1.25 bits per heavy atom. The maximum absolute atomic E-state index is 5.18. The highest BCUT2D eigenvalue weighted by Gasteiger charge is 1.90. The van der Waals surface area contributed by atoms with Crippen LogP contribution in [0.2, 0.25) is 0 Å². The van der Waals surface area contributed by atoms with Gasteiger partial charge in [-0.25, -0.2) is 4.99 Å². The summed E-state index contributed by atoms with van der Waals surface area (Å²) in [5.41, 5.74) is 11.4. The van der Waals surface area contributed by atoms with E-state index in [0.29, 0.717) is 6.54 Å². The number of guanidine groups is 1. The Morgan fingerprint density at radius 2 is 1.83 bits per heavy atom. The standard InChI is InChI=1S/C8H11N3S/c9-8(10)11-5-6-1-3-7(12)4-2-6/h1-4,12H,5H2,(H4,9,10,11). The molecule has 0 atom stereocenters. The van der Waals surface area contributed by atoms with Gasteiger partial charge >= 0.3 is 0 Å². The lowest BCUT2D eigenvalue weighted by atomic mass is 10.2. The number of nitrogens with zero attached hydrogens (tertiary/aromatic N) is 1. The van der Waals surface area contributed by atoms with Crippen LogP contribution in [-0.4, -0.2) is 5.96 Å². The van der Waals surface area contributed by atoms with Crippen molar-refractivity contribution >= 4 is 18.6 Å². The Labute approximate surface area is 76.9 Å². The Bertz CT molecular complexity index is 275. The van der Waals surface area contributed by atoms with Gasteiger partial charge in [0, 0.05) is 4.90 Å². The lowest BCUT2D eigenvalue weighted by molar-refractivity contribution is 1.05. The van der Waals surface area contributed by atoms with Gasteiger partial charge in [0.1, 0.15) is 0 Å².